The van der Waals surface area contributed by atoms with E-state index in [9.17, 15) is 14.7 Å². The Morgan fingerprint density at radius 2 is 1.75 bits per heavy atom. The zero-order valence-corrected chi connectivity index (χ0v) is 12.5. The van der Waals surface area contributed by atoms with E-state index in [-0.39, 0.29) is 12.3 Å². The van der Waals surface area contributed by atoms with Crippen molar-refractivity contribution < 1.29 is 14.7 Å². The molecule has 1 amide bonds. The molecule has 1 aliphatic carbocycles. The average molecular weight is 284 g/mol. The number of rotatable bonds is 8. The van der Waals surface area contributed by atoms with Gasteiger partial charge in [0.1, 0.15) is 0 Å². The molecule has 1 saturated carbocycles. The second-order valence-electron chi connectivity index (χ2n) is 5.73. The normalized spacial score (nSPS) is 18.2. The van der Waals surface area contributed by atoms with Gasteiger partial charge in [-0.2, -0.15) is 0 Å². The summed E-state index contributed by atoms with van der Waals surface area (Å²) in [5, 5.41) is 15.6. The number of nitrogens with one attached hydrogen (secondary N) is 2. The Bertz CT molecular complexity index is 310. The van der Waals surface area contributed by atoms with Gasteiger partial charge in [-0.25, -0.2) is 0 Å². The highest BCUT2D eigenvalue weighted by molar-refractivity contribution is 5.85. The molecule has 0 unspecified atom stereocenters. The number of carboxylic acids is 1. The molecule has 0 atom stereocenters. The van der Waals surface area contributed by atoms with Crippen molar-refractivity contribution >= 4 is 11.9 Å². The highest BCUT2D eigenvalue weighted by Crippen LogP contribution is 2.38. The zero-order valence-electron chi connectivity index (χ0n) is 12.5. The first-order chi connectivity index (χ1) is 9.60. The van der Waals surface area contributed by atoms with Crippen LogP contribution >= 0.6 is 0 Å². The predicted octanol–water partition coefficient (Wildman–Crippen LogP) is 1.92. The van der Waals surface area contributed by atoms with Crippen LogP contribution in [0, 0.1) is 5.41 Å². The van der Waals surface area contributed by atoms with Crippen LogP contribution < -0.4 is 10.6 Å². The largest absolute Gasteiger partial charge is 0.481 e. The SMILES string of the molecule is CCNCCCNC(=O)CC1(C(=O)O)CCCCCC1. The topological polar surface area (TPSA) is 78.4 Å². The van der Waals surface area contributed by atoms with Crippen molar-refractivity contribution in [2.45, 2.75) is 58.3 Å². The monoisotopic (exact) mass is 284 g/mol. The summed E-state index contributed by atoms with van der Waals surface area (Å²) >= 11 is 0. The summed E-state index contributed by atoms with van der Waals surface area (Å²) in [6.45, 7) is 4.46. The maximum Gasteiger partial charge on any atom is 0.310 e. The van der Waals surface area contributed by atoms with E-state index in [1.807, 2.05) is 6.92 Å². The lowest BCUT2D eigenvalue weighted by molar-refractivity contribution is -0.152. The molecule has 0 aliphatic heterocycles. The molecule has 0 radical (unpaired) electrons. The predicted molar refractivity (Wildman–Crippen MR) is 78.6 cm³/mol. The Morgan fingerprint density at radius 1 is 1.10 bits per heavy atom. The molecule has 3 N–H and O–H groups in total. The lowest BCUT2D eigenvalue weighted by Crippen LogP contribution is -2.38. The van der Waals surface area contributed by atoms with Crippen LogP contribution in [0.2, 0.25) is 0 Å². The first-order valence-corrected chi connectivity index (χ1v) is 7.81. The number of carbonyl (C=O) groups is 2. The third-order valence-electron chi connectivity index (χ3n) is 4.12. The Kier molecular flexibility index (Phi) is 7.59. The molecule has 0 bridgehead atoms. The van der Waals surface area contributed by atoms with Crippen LogP contribution in [-0.4, -0.2) is 36.6 Å². The van der Waals surface area contributed by atoms with Crippen LogP contribution in [0.25, 0.3) is 0 Å². The van der Waals surface area contributed by atoms with Crippen molar-refractivity contribution in [2.75, 3.05) is 19.6 Å². The molecule has 0 aromatic rings. The van der Waals surface area contributed by atoms with Gasteiger partial charge in [-0.1, -0.05) is 32.6 Å². The Labute approximate surface area is 121 Å². The first kappa shape index (κ1) is 17.0. The van der Waals surface area contributed by atoms with Crippen molar-refractivity contribution in [1.82, 2.24) is 10.6 Å². The third kappa shape index (κ3) is 5.49. The summed E-state index contributed by atoms with van der Waals surface area (Å²) in [5.74, 6) is -0.923. The van der Waals surface area contributed by atoms with Crippen LogP contribution in [-0.2, 0) is 9.59 Å². The van der Waals surface area contributed by atoms with Crippen molar-refractivity contribution in [1.29, 1.82) is 0 Å². The number of carbonyl (C=O) groups excluding carboxylic acids is 1. The van der Waals surface area contributed by atoms with Crippen LogP contribution in [0.4, 0.5) is 0 Å². The highest BCUT2D eigenvalue weighted by Gasteiger charge is 2.40. The van der Waals surface area contributed by atoms with Crippen molar-refractivity contribution in [3.63, 3.8) is 0 Å². The van der Waals surface area contributed by atoms with Gasteiger partial charge in [0.15, 0.2) is 0 Å². The van der Waals surface area contributed by atoms with Gasteiger partial charge in [-0.15, -0.1) is 0 Å². The van der Waals surface area contributed by atoms with Crippen LogP contribution in [0.3, 0.4) is 0 Å². The Balaban J connectivity index is 2.40. The highest BCUT2D eigenvalue weighted by atomic mass is 16.4. The van der Waals surface area contributed by atoms with Crippen LogP contribution in [0.1, 0.15) is 58.3 Å². The maximum absolute atomic E-state index is 12.0. The fourth-order valence-electron chi connectivity index (χ4n) is 2.86. The standard InChI is InChI=1S/C15H28N2O3/c1-2-16-10-7-11-17-13(18)12-15(14(19)20)8-5-3-4-6-9-15/h16H,2-12H2,1H3,(H,17,18)(H,19,20). The number of carboxylic acid groups (broad SMARTS) is 1. The molecular weight excluding hydrogens is 256 g/mol. The molecule has 20 heavy (non-hydrogen) atoms. The third-order valence-corrected chi connectivity index (χ3v) is 4.12. The fraction of sp³-hybridized carbons (Fsp3) is 0.867. The van der Waals surface area contributed by atoms with Gasteiger partial charge in [-0.3, -0.25) is 9.59 Å². The van der Waals surface area contributed by atoms with E-state index in [1.165, 1.54) is 0 Å². The van der Waals surface area contributed by atoms with Crippen molar-refractivity contribution in [2.24, 2.45) is 5.41 Å². The van der Waals surface area contributed by atoms with Gasteiger partial charge in [0, 0.05) is 13.0 Å². The molecule has 0 aromatic carbocycles. The summed E-state index contributed by atoms with van der Waals surface area (Å²) < 4.78 is 0. The van der Waals surface area contributed by atoms with Gasteiger partial charge < -0.3 is 15.7 Å². The second-order valence-corrected chi connectivity index (χ2v) is 5.73. The van der Waals surface area contributed by atoms with Crippen molar-refractivity contribution in [3.8, 4) is 0 Å². The number of aliphatic carboxylic acids is 1. The number of hydrogen-bond donors (Lipinski definition) is 3. The zero-order chi connectivity index (χ0) is 14.8. The van der Waals surface area contributed by atoms with E-state index >= 15 is 0 Å². The molecule has 1 aliphatic rings. The molecule has 0 spiro atoms. The molecular formula is C15H28N2O3. The summed E-state index contributed by atoms with van der Waals surface area (Å²) in [4.78, 5) is 23.6. The van der Waals surface area contributed by atoms with Gasteiger partial charge in [0.2, 0.25) is 5.91 Å². The Hall–Kier alpha value is -1.10. The quantitative estimate of drug-likeness (QED) is 0.470. The summed E-state index contributed by atoms with van der Waals surface area (Å²) in [5.41, 5.74) is -0.831. The summed E-state index contributed by atoms with van der Waals surface area (Å²) in [6.07, 6.45) is 6.27. The number of hydrogen-bond acceptors (Lipinski definition) is 3. The smallest absolute Gasteiger partial charge is 0.310 e. The lowest BCUT2D eigenvalue weighted by Gasteiger charge is -2.27. The minimum Gasteiger partial charge on any atom is -0.481 e. The molecule has 5 heteroatoms. The molecule has 5 nitrogen and oxygen atoms in total. The van der Waals surface area contributed by atoms with Crippen LogP contribution in [0.15, 0.2) is 0 Å². The fourth-order valence-corrected chi connectivity index (χ4v) is 2.86. The molecule has 1 fully saturated rings. The van der Waals surface area contributed by atoms with Gasteiger partial charge in [0.25, 0.3) is 0 Å². The van der Waals surface area contributed by atoms with Gasteiger partial charge in [0.05, 0.1) is 5.41 Å². The van der Waals surface area contributed by atoms with E-state index < -0.39 is 11.4 Å². The lowest BCUT2D eigenvalue weighted by atomic mass is 9.77. The number of amides is 1. The summed E-state index contributed by atoms with van der Waals surface area (Å²) in [7, 11) is 0. The molecule has 1 rings (SSSR count). The maximum atomic E-state index is 12.0. The van der Waals surface area contributed by atoms with E-state index in [1.54, 1.807) is 0 Å². The van der Waals surface area contributed by atoms with E-state index in [0.717, 1.165) is 45.2 Å². The minimum atomic E-state index is -0.831. The molecule has 0 aromatic heterocycles. The van der Waals surface area contributed by atoms with Gasteiger partial charge >= 0.3 is 5.97 Å². The molecule has 0 heterocycles. The second kappa shape index (κ2) is 8.95. The average Bonchev–Trinajstić information content (AvgIpc) is 2.65. The van der Waals surface area contributed by atoms with Crippen LogP contribution in [0.5, 0.6) is 0 Å². The molecule has 116 valence electrons. The first-order valence-electron chi connectivity index (χ1n) is 7.81. The summed E-state index contributed by atoms with van der Waals surface area (Å²) in [6, 6.07) is 0. The molecule has 0 saturated heterocycles. The minimum absolute atomic E-state index is 0.120. The van der Waals surface area contributed by atoms with Gasteiger partial charge in [-0.05, 0) is 32.4 Å². The van der Waals surface area contributed by atoms with E-state index in [4.69, 9.17) is 0 Å². The van der Waals surface area contributed by atoms with Crippen molar-refractivity contribution in [3.05, 3.63) is 0 Å². The Morgan fingerprint density at radius 3 is 2.30 bits per heavy atom. The van der Waals surface area contributed by atoms with E-state index in [0.29, 0.717) is 19.4 Å². The van der Waals surface area contributed by atoms with E-state index in [2.05, 4.69) is 10.6 Å².